The quantitative estimate of drug-likeness (QED) is 0.398. The van der Waals surface area contributed by atoms with Crippen molar-refractivity contribution >= 4 is 17.6 Å². The first kappa shape index (κ1) is 22.8. The van der Waals surface area contributed by atoms with Crippen molar-refractivity contribution in [3.05, 3.63) is 71.8 Å². The van der Waals surface area contributed by atoms with Crippen molar-refractivity contribution in [2.45, 2.75) is 11.7 Å². The molecule has 1 heterocycles. The molecule has 0 saturated carbocycles. The van der Waals surface area contributed by atoms with Crippen molar-refractivity contribution in [3.8, 4) is 11.8 Å². The van der Waals surface area contributed by atoms with E-state index in [0.29, 0.717) is 22.3 Å². The Kier molecular flexibility index (Phi) is 6.23. The Hall–Kier alpha value is -3.84. The maximum atomic E-state index is 13.5. The van der Waals surface area contributed by atoms with Crippen LogP contribution in [0.3, 0.4) is 0 Å². The van der Waals surface area contributed by atoms with E-state index in [1.54, 1.807) is 24.3 Å². The van der Waals surface area contributed by atoms with Gasteiger partial charge in [-0.3, -0.25) is 4.79 Å². The second kappa shape index (κ2) is 8.72. The van der Waals surface area contributed by atoms with Crippen LogP contribution in [0.25, 0.3) is 0 Å². The molecule has 0 spiro atoms. The van der Waals surface area contributed by atoms with Gasteiger partial charge in [0.2, 0.25) is 0 Å². The average Bonchev–Trinajstić information content (AvgIpc) is 3.03. The Labute approximate surface area is 181 Å². The summed E-state index contributed by atoms with van der Waals surface area (Å²) in [6, 6.07) is 9.43. The fourth-order valence-corrected chi connectivity index (χ4v) is 3.36. The highest BCUT2D eigenvalue weighted by Crippen LogP contribution is 2.38. The van der Waals surface area contributed by atoms with Crippen molar-refractivity contribution in [1.82, 2.24) is 5.32 Å². The molecular weight excluding hydrogens is 427 g/mol. The van der Waals surface area contributed by atoms with Crippen molar-refractivity contribution in [3.63, 3.8) is 0 Å². The molecule has 0 radical (unpaired) electrons. The first-order valence-corrected chi connectivity index (χ1v) is 9.29. The number of methoxy groups -OCH3 is 1. The van der Waals surface area contributed by atoms with E-state index >= 15 is 0 Å². The summed E-state index contributed by atoms with van der Waals surface area (Å²) >= 11 is 0. The third-order valence-electron chi connectivity index (χ3n) is 4.92. The lowest BCUT2D eigenvalue weighted by Gasteiger charge is -2.27. The molecule has 166 valence electrons. The highest BCUT2D eigenvalue weighted by atomic mass is 19.4. The Morgan fingerprint density at radius 2 is 1.91 bits per heavy atom. The van der Waals surface area contributed by atoms with E-state index in [0.717, 1.165) is 12.1 Å². The van der Waals surface area contributed by atoms with Gasteiger partial charge in [-0.25, -0.2) is 9.69 Å². The molecular formula is C22H18F3N3O4. The van der Waals surface area contributed by atoms with Crippen LogP contribution in [-0.4, -0.2) is 32.3 Å². The topological polar surface area (TPSA) is 91.7 Å². The van der Waals surface area contributed by atoms with Crippen LogP contribution in [0.2, 0.25) is 0 Å². The zero-order valence-electron chi connectivity index (χ0n) is 16.9. The lowest BCUT2D eigenvalue weighted by atomic mass is 9.90. The van der Waals surface area contributed by atoms with Gasteiger partial charge >= 0.3 is 12.2 Å². The van der Waals surface area contributed by atoms with Crippen LogP contribution in [0.1, 0.15) is 16.7 Å². The number of nitrogens with zero attached hydrogens (tertiary/aromatic N) is 2. The van der Waals surface area contributed by atoms with Gasteiger partial charge in [0, 0.05) is 0 Å². The molecule has 1 fully saturated rings. The number of carbonyl (C=O) groups excluding carboxylic acids is 2. The molecule has 2 aromatic carbocycles. The zero-order chi connectivity index (χ0) is 23.5. The van der Waals surface area contributed by atoms with Gasteiger partial charge in [0.25, 0.3) is 5.91 Å². The molecule has 1 aliphatic rings. The minimum absolute atomic E-state index is 0.0795. The Morgan fingerprint density at radius 1 is 1.22 bits per heavy atom. The molecule has 0 aromatic heterocycles. The number of carbonyl (C=O) groups is 2. The molecule has 0 bridgehead atoms. The number of hydrogen-bond donors (Lipinski definition) is 1. The minimum Gasteiger partial charge on any atom is -0.497 e. The van der Waals surface area contributed by atoms with E-state index in [1.807, 2.05) is 0 Å². The number of halogens is 3. The number of amides is 3. The normalized spacial score (nSPS) is 18.3. The van der Waals surface area contributed by atoms with Crippen molar-refractivity contribution in [2.24, 2.45) is 0 Å². The van der Waals surface area contributed by atoms with Gasteiger partial charge in [-0.2, -0.15) is 18.4 Å². The summed E-state index contributed by atoms with van der Waals surface area (Å²) in [7, 11) is 1.46. The molecule has 3 amide bonds. The van der Waals surface area contributed by atoms with Gasteiger partial charge < -0.3 is 14.8 Å². The van der Waals surface area contributed by atoms with Crippen LogP contribution in [0, 0.1) is 11.3 Å². The summed E-state index contributed by atoms with van der Waals surface area (Å²) in [5.74, 6) is -0.319. The number of benzene rings is 2. The molecule has 1 saturated heterocycles. The van der Waals surface area contributed by atoms with E-state index < -0.39 is 34.8 Å². The number of nitrogens with one attached hydrogen (secondary N) is 1. The SMILES string of the molecule is C=CCOCC1(c2ccc(OC)cc2)NC(=O)N(c2ccc(C#N)c(C(F)(F)F)c2)C1=O. The largest absolute Gasteiger partial charge is 0.497 e. The summed E-state index contributed by atoms with van der Waals surface area (Å²) in [6.07, 6.45) is -3.39. The average molecular weight is 445 g/mol. The predicted molar refractivity (Wildman–Crippen MR) is 108 cm³/mol. The van der Waals surface area contributed by atoms with Gasteiger partial charge in [-0.1, -0.05) is 18.2 Å². The zero-order valence-corrected chi connectivity index (χ0v) is 16.9. The fraction of sp³-hybridized carbons (Fsp3) is 0.227. The molecule has 2 aromatic rings. The molecule has 0 aliphatic carbocycles. The molecule has 1 atom stereocenters. The summed E-state index contributed by atoms with van der Waals surface area (Å²) in [5, 5.41) is 11.5. The van der Waals surface area contributed by atoms with E-state index in [2.05, 4.69) is 11.9 Å². The van der Waals surface area contributed by atoms with Gasteiger partial charge in [0.1, 0.15) is 5.75 Å². The van der Waals surface area contributed by atoms with Gasteiger partial charge in [-0.05, 0) is 35.9 Å². The second-order valence-electron chi connectivity index (χ2n) is 6.85. The van der Waals surface area contributed by atoms with Gasteiger partial charge in [0.05, 0.1) is 43.2 Å². The summed E-state index contributed by atoms with van der Waals surface area (Å²) < 4.78 is 50.8. The van der Waals surface area contributed by atoms with Crippen LogP contribution in [0.4, 0.5) is 23.7 Å². The second-order valence-corrected chi connectivity index (χ2v) is 6.85. The highest BCUT2D eigenvalue weighted by molar-refractivity contribution is 6.23. The molecule has 7 nitrogen and oxygen atoms in total. The predicted octanol–water partition coefficient (Wildman–Crippen LogP) is 3.74. The number of imide groups is 1. The number of hydrogen-bond acceptors (Lipinski definition) is 5. The Balaban J connectivity index is 2.08. The van der Waals surface area contributed by atoms with Gasteiger partial charge in [0.15, 0.2) is 5.54 Å². The minimum atomic E-state index is -4.85. The van der Waals surface area contributed by atoms with Crippen LogP contribution in [0.15, 0.2) is 55.1 Å². The Morgan fingerprint density at radius 3 is 2.47 bits per heavy atom. The van der Waals surface area contributed by atoms with Crippen LogP contribution in [0.5, 0.6) is 5.75 Å². The third-order valence-corrected chi connectivity index (χ3v) is 4.92. The fourth-order valence-electron chi connectivity index (χ4n) is 3.36. The molecule has 3 rings (SSSR count). The highest BCUT2D eigenvalue weighted by Gasteiger charge is 2.53. The standard InChI is InChI=1S/C22H18F3N3O4/c1-3-10-32-13-21(15-5-8-17(31-2)9-6-15)19(29)28(20(30)27-21)16-7-4-14(12-26)18(11-16)22(23,24)25/h3-9,11H,1,10,13H2,2H3,(H,27,30). The van der Waals surface area contributed by atoms with E-state index in [9.17, 15) is 22.8 Å². The molecule has 1 unspecified atom stereocenters. The first-order valence-electron chi connectivity index (χ1n) is 9.29. The number of anilines is 1. The number of rotatable bonds is 7. The van der Waals surface area contributed by atoms with Crippen LogP contribution >= 0.6 is 0 Å². The molecule has 1 N–H and O–H groups in total. The summed E-state index contributed by atoms with van der Waals surface area (Å²) in [5.41, 5.74) is -3.52. The Bertz CT molecular complexity index is 1090. The smallest absolute Gasteiger partial charge is 0.417 e. The molecule has 32 heavy (non-hydrogen) atoms. The lowest BCUT2D eigenvalue weighted by Crippen LogP contribution is -2.48. The van der Waals surface area contributed by atoms with Gasteiger partial charge in [-0.15, -0.1) is 6.58 Å². The number of urea groups is 1. The lowest BCUT2D eigenvalue weighted by molar-refractivity contribution is -0.137. The van der Waals surface area contributed by atoms with Crippen molar-refractivity contribution in [2.75, 3.05) is 25.2 Å². The maximum Gasteiger partial charge on any atom is 0.417 e. The van der Waals surface area contributed by atoms with E-state index in [4.69, 9.17) is 14.7 Å². The number of ether oxygens (including phenoxy) is 2. The third kappa shape index (κ3) is 4.02. The van der Waals surface area contributed by atoms with Crippen LogP contribution in [-0.2, 0) is 21.2 Å². The van der Waals surface area contributed by atoms with E-state index in [-0.39, 0.29) is 18.9 Å². The van der Waals surface area contributed by atoms with Crippen molar-refractivity contribution < 1.29 is 32.2 Å². The molecule has 10 heteroatoms. The summed E-state index contributed by atoms with van der Waals surface area (Å²) in [4.78, 5) is 26.9. The maximum absolute atomic E-state index is 13.5. The van der Waals surface area contributed by atoms with E-state index in [1.165, 1.54) is 19.3 Å². The van der Waals surface area contributed by atoms with Crippen molar-refractivity contribution in [1.29, 1.82) is 5.26 Å². The first-order chi connectivity index (χ1) is 15.2. The molecule has 1 aliphatic heterocycles. The number of nitriles is 1. The monoisotopic (exact) mass is 445 g/mol. The number of alkyl halides is 3. The summed E-state index contributed by atoms with van der Waals surface area (Å²) in [6.45, 7) is 3.33. The van der Waals surface area contributed by atoms with Crippen LogP contribution < -0.4 is 15.0 Å².